The molecule has 1 N–H and O–H groups in total. The molecule has 4 heteroatoms. The van der Waals surface area contributed by atoms with Crippen LogP contribution in [0.25, 0.3) is 0 Å². The van der Waals surface area contributed by atoms with Gasteiger partial charge in [-0.1, -0.05) is 18.5 Å². The van der Waals surface area contributed by atoms with Crippen LogP contribution in [0.5, 0.6) is 0 Å². The van der Waals surface area contributed by atoms with Gasteiger partial charge in [0, 0.05) is 5.92 Å². The number of thiophene rings is 1. The van der Waals surface area contributed by atoms with Gasteiger partial charge in [0.2, 0.25) is 0 Å². The molecule has 13 heavy (non-hydrogen) atoms. The Bertz CT molecular complexity index is 292. The Morgan fingerprint density at radius 1 is 1.69 bits per heavy atom. The summed E-state index contributed by atoms with van der Waals surface area (Å²) in [5, 5.41) is 8.92. The van der Waals surface area contributed by atoms with Crippen molar-refractivity contribution < 1.29 is 9.90 Å². The lowest BCUT2D eigenvalue weighted by atomic mass is 10.0. The van der Waals surface area contributed by atoms with E-state index in [1.165, 1.54) is 11.3 Å². The van der Waals surface area contributed by atoms with Crippen LogP contribution in [0.3, 0.4) is 0 Å². The maximum atomic E-state index is 11.6. The standard InChI is InChI=1S/C9H11ClO2S/c1-2-6(5-11)9(12)7-3-4-8(10)13-7/h3-4,6,11H,2,5H2,1H3. The first-order valence-corrected chi connectivity index (χ1v) is 5.29. The molecule has 1 unspecified atom stereocenters. The van der Waals surface area contributed by atoms with E-state index >= 15 is 0 Å². The highest BCUT2D eigenvalue weighted by Gasteiger charge is 2.18. The third kappa shape index (κ3) is 2.53. The second-order valence-electron chi connectivity index (χ2n) is 2.76. The number of carbonyl (C=O) groups excluding carboxylic acids is 1. The molecule has 72 valence electrons. The summed E-state index contributed by atoms with van der Waals surface area (Å²) in [5.41, 5.74) is 0. The highest BCUT2D eigenvalue weighted by molar-refractivity contribution is 7.18. The van der Waals surface area contributed by atoms with Gasteiger partial charge < -0.3 is 5.11 Å². The van der Waals surface area contributed by atoms with Gasteiger partial charge in [0.1, 0.15) is 0 Å². The zero-order valence-electron chi connectivity index (χ0n) is 7.29. The summed E-state index contributed by atoms with van der Waals surface area (Å²) < 4.78 is 0.608. The summed E-state index contributed by atoms with van der Waals surface area (Å²) in [7, 11) is 0. The number of Topliss-reactive ketones (excluding diaryl/α,β-unsaturated/α-hetero) is 1. The Labute approximate surface area is 86.2 Å². The fourth-order valence-electron chi connectivity index (χ4n) is 1.05. The number of carbonyl (C=O) groups is 1. The topological polar surface area (TPSA) is 37.3 Å². The highest BCUT2D eigenvalue weighted by Crippen LogP contribution is 2.24. The van der Waals surface area contributed by atoms with Crippen molar-refractivity contribution in [2.24, 2.45) is 5.92 Å². The Kier molecular flexibility index (Phi) is 3.90. The van der Waals surface area contributed by atoms with Gasteiger partial charge in [0.05, 0.1) is 15.8 Å². The number of hydrogen-bond donors (Lipinski definition) is 1. The van der Waals surface area contributed by atoms with Crippen LogP contribution in [-0.2, 0) is 0 Å². The van der Waals surface area contributed by atoms with Crippen molar-refractivity contribution in [3.8, 4) is 0 Å². The van der Waals surface area contributed by atoms with Gasteiger partial charge in [-0.05, 0) is 18.6 Å². The maximum absolute atomic E-state index is 11.6. The number of aliphatic hydroxyl groups excluding tert-OH is 1. The molecule has 1 rings (SSSR count). The first-order valence-electron chi connectivity index (χ1n) is 4.09. The molecule has 0 aromatic carbocycles. The quantitative estimate of drug-likeness (QED) is 0.789. The van der Waals surface area contributed by atoms with Crippen molar-refractivity contribution in [2.45, 2.75) is 13.3 Å². The van der Waals surface area contributed by atoms with E-state index in [0.29, 0.717) is 15.6 Å². The molecule has 0 spiro atoms. The molecule has 1 atom stereocenters. The Morgan fingerprint density at radius 2 is 2.38 bits per heavy atom. The van der Waals surface area contributed by atoms with Gasteiger partial charge >= 0.3 is 0 Å². The van der Waals surface area contributed by atoms with Crippen molar-refractivity contribution in [1.29, 1.82) is 0 Å². The molecule has 1 heterocycles. The van der Waals surface area contributed by atoms with Crippen molar-refractivity contribution in [1.82, 2.24) is 0 Å². The minimum absolute atomic E-state index is 0.0121. The van der Waals surface area contributed by atoms with Crippen LogP contribution in [0.2, 0.25) is 4.34 Å². The predicted molar refractivity (Wildman–Crippen MR) is 54.5 cm³/mol. The fraction of sp³-hybridized carbons (Fsp3) is 0.444. The van der Waals surface area contributed by atoms with Crippen molar-refractivity contribution in [2.75, 3.05) is 6.61 Å². The fourth-order valence-corrected chi connectivity index (χ4v) is 2.11. The first-order chi connectivity index (χ1) is 6.19. The van der Waals surface area contributed by atoms with Crippen LogP contribution in [-0.4, -0.2) is 17.5 Å². The van der Waals surface area contributed by atoms with Gasteiger partial charge in [0.15, 0.2) is 5.78 Å². The molecule has 0 aliphatic heterocycles. The average Bonchev–Trinajstić information content (AvgIpc) is 2.54. The average molecular weight is 219 g/mol. The third-order valence-electron chi connectivity index (χ3n) is 1.90. The third-order valence-corrected chi connectivity index (χ3v) is 3.15. The normalized spacial score (nSPS) is 12.8. The number of aliphatic hydroxyl groups is 1. The van der Waals surface area contributed by atoms with E-state index in [1.54, 1.807) is 12.1 Å². The summed E-state index contributed by atoms with van der Waals surface area (Å²) in [6.45, 7) is 1.79. The van der Waals surface area contributed by atoms with Gasteiger partial charge in [-0.15, -0.1) is 11.3 Å². The molecule has 0 fully saturated rings. The van der Waals surface area contributed by atoms with Crippen LogP contribution < -0.4 is 0 Å². The largest absolute Gasteiger partial charge is 0.396 e. The lowest BCUT2D eigenvalue weighted by Gasteiger charge is -2.07. The predicted octanol–water partition coefficient (Wildman–Crippen LogP) is 2.60. The van der Waals surface area contributed by atoms with E-state index in [0.717, 1.165) is 0 Å². The molecule has 0 saturated carbocycles. The van der Waals surface area contributed by atoms with Crippen molar-refractivity contribution >= 4 is 28.7 Å². The van der Waals surface area contributed by atoms with Gasteiger partial charge in [-0.25, -0.2) is 0 Å². The highest BCUT2D eigenvalue weighted by atomic mass is 35.5. The molecular weight excluding hydrogens is 208 g/mol. The lowest BCUT2D eigenvalue weighted by molar-refractivity contribution is 0.0861. The van der Waals surface area contributed by atoms with E-state index in [1.807, 2.05) is 6.92 Å². The summed E-state index contributed by atoms with van der Waals surface area (Å²) in [5.74, 6) is -0.295. The smallest absolute Gasteiger partial charge is 0.178 e. The van der Waals surface area contributed by atoms with E-state index in [-0.39, 0.29) is 18.3 Å². The SMILES string of the molecule is CCC(CO)C(=O)c1ccc(Cl)s1. The summed E-state index contributed by atoms with van der Waals surface area (Å²) >= 11 is 6.96. The molecule has 0 aliphatic rings. The van der Waals surface area contributed by atoms with Crippen LogP contribution in [0.1, 0.15) is 23.0 Å². The van der Waals surface area contributed by atoms with Crippen molar-refractivity contribution in [3.05, 3.63) is 21.3 Å². The van der Waals surface area contributed by atoms with E-state index in [9.17, 15) is 4.79 Å². The molecule has 0 saturated heterocycles. The second-order valence-corrected chi connectivity index (χ2v) is 4.47. The van der Waals surface area contributed by atoms with Crippen LogP contribution in [0, 0.1) is 5.92 Å². The number of halogens is 1. The molecular formula is C9H11ClO2S. The molecule has 1 aromatic rings. The Hall–Kier alpha value is -0.380. The molecule has 0 amide bonds. The summed E-state index contributed by atoms with van der Waals surface area (Å²) in [6.07, 6.45) is 0.658. The lowest BCUT2D eigenvalue weighted by Crippen LogP contribution is -2.16. The molecule has 1 aromatic heterocycles. The van der Waals surface area contributed by atoms with Crippen LogP contribution >= 0.6 is 22.9 Å². The van der Waals surface area contributed by atoms with Gasteiger partial charge in [-0.3, -0.25) is 4.79 Å². The zero-order chi connectivity index (χ0) is 9.84. The van der Waals surface area contributed by atoms with Gasteiger partial charge in [-0.2, -0.15) is 0 Å². The monoisotopic (exact) mass is 218 g/mol. The van der Waals surface area contributed by atoms with E-state index < -0.39 is 0 Å². The van der Waals surface area contributed by atoms with E-state index in [4.69, 9.17) is 16.7 Å². The Balaban J connectivity index is 2.78. The summed E-state index contributed by atoms with van der Waals surface area (Å²) in [4.78, 5) is 12.2. The maximum Gasteiger partial charge on any atom is 0.178 e. The number of hydrogen-bond acceptors (Lipinski definition) is 3. The molecule has 0 bridgehead atoms. The summed E-state index contributed by atoms with van der Waals surface area (Å²) in [6, 6.07) is 3.40. The first kappa shape index (κ1) is 10.7. The zero-order valence-corrected chi connectivity index (χ0v) is 8.86. The minimum atomic E-state index is -0.283. The number of rotatable bonds is 4. The van der Waals surface area contributed by atoms with E-state index in [2.05, 4.69) is 0 Å². The Morgan fingerprint density at radius 3 is 2.77 bits per heavy atom. The van der Waals surface area contributed by atoms with Gasteiger partial charge in [0.25, 0.3) is 0 Å². The number of ketones is 1. The second kappa shape index (κ2) is 4.74. The van der Waals surface area contributed by atoms with Crippen LogP contribution in [0.4, 0.5) is 0 Å². The van der Waals surface area contributed by atoms with Crippen molar-refractivity contribution in [3.63, 3.8) is 0 Å². The molecule has 0 aliphatic carbocycles. The molecule has 0 radical (unpaired) electrons. The van der Waals surface area contributed by atoms with Crippen LogP contribution in [0.15, 0.2) is 12.1 Å². The minimum Gasteiger partial charge on any atom is -0.396 e. The molecule has 2 nitrogen and oxygen atoms in total.